The Kier molecular flexibility index (Phi) is 6.37. The van der Waals surface area contributed by atoms with E-state index >= 15 is 0 Å². The molecule has 0 bridgehead atoms. The first kappa shape index (κ1) is 20.3. The second-order valence-corrected chi connectivity index (χ2v) is 7.17. The molecule has 1 saturated heterocycles. The summed E-state index contributed by atoms with van der Waals surface area (Å²) >= 11 is 0. The lowest BCUT2D eigenvalue weighted by molar-refractivity contribution is 0.0950. The number of anilines is 2. The molecule has 2 N–H and O–H groups in total. The van der Waals surface area contributed by atoms with Gasteiger partial charge in [0.05, 0.1) is 12.2 Å². The van der Waals surface area contributed by atoms with Crippen LogP contribution < -0.4 is 15.5 Å². The first-order valence-electron chi connectivity index (χ1n) is 10.2. The molecule has 4 rings (SSSR count). The summed E-state index contributed by atoms with van der Waals surface area (Å²) in [5.41, 5.74) is 1.97. The zero-order valence-electron chi connectivity index (χ0n) is 17.1. The number of pyridine rings is 2. The number of hydrogen-bond acceptors (Lipinski definition) is 5. The van der Waals surface area contributed by atoms with Gasteiger partial charge < -0.3 is 20.4 Å². The van der Waals surface area contributed by atoms with Crippen LogP contribution in [0.4, 0.5) is 16.3 Å². The third kappa shape index (κ3) is 5.36. The lowest BCUT2D eigenvalue weighted by atomic mass is 10.2. The molecule has 1 aliphatic heterocycles. The molecule has 1 aromatic carbocycles. The van der Waals surface area contributed by atoms with Gasteiger partial charge in [0, 0.05) is 49.8 Å². The van der Waals surface area contributed by atoms with E-state index in [2.05, 4.69) is 25.5 Å². The van der Waals surface area contributed by atoms with Gasteiger partial charge in [-0.25, -0.2) is 9.78 Å². The van der Waals surface area contributed by atoms with Crippen molar-refractivity contribution in [2.45, 2.75) is 6.54 Å². The molecule has 0 unspecified atom stereocenters. The number of rotatable bonds is 5. The van der Waals surface area contributed by atoms with Crippen LogP contribution in [-0.2, 0) is 6.54 Å². The van der Waals surface area contributed by atoms with Crippen LogP contribution in [0.5, 0.6) is 0 Å². The zero-order valence-corrected chi connectivity index (χ0v) is 17.1. The molecule has 0 saturated carbocycles. The molecule has 3 amide bonds. The van der Waals surface area contributed by atoms with Gasteiger partial charge in [0.2, 0.25) is 0 Å². The van der Waals surface area contributed by atoms with Crippen LogP contribution in [0.25, 0.3) is 0 Å². The standard InChI is InChI=1S/C23H24N6O2/c30-22(26-17-20-5-1-3-11-24-20)18-7-9-19(10-8-18)27-23(31)29-15-13-28(14-16-29)21-6-2-4-12-25-21/h1-12H,13-17H2,(H,26,30)(H,27,31). The minimum atomic E-state index is -0.186. The van der Waals surface area contributed by atoms with E-state index in [1.54, 1.807) is 41.6 Å². The molecule has 3 heterocycles. The monoisotopic (exact) mass is 416 g/mol. The van der Waals surface area contributed by atoms with Crippen LogP contribution in [0, 0.1) is 0 Å². The maximum absolute atomic E-state index is 12.6. The Labute approximate surface area is 180 Å². The van der Waals surface area contributed by atoms with Gasteiger partial charge in [0.1, 0.15) is 5.82 Å². The molecule has 158 valence electrons. The van der Waals surface area contributed by atoms with Crippen molar-refractivity contribution >= 4 is 23.4 Å². The summed E-state index contributed by atoms with van der Waals surface area (Å²) in [5, 5.41) is 5.74. The molecule has 1 aliphatic rings. The lowest BCUT2D eigenvalue weighted by Gasteiger charge is -2.35. The van der Waals surface area contributed by atoms with Crippen molar-refractivity contribution in [1.29, 1.82) is 0 Å². The van der Waals surface area contributed by atoms with Gasteiger partial charge in [-0.1, -0.05) is 12.1 Å². The fraction of sp³-hybridized carbons (Fsp3) is 0.217. The molecular weight excluding hydrogens is 392 g/mol. The van der Waals surface area contributed by atoms with Crippen molar-refractivity contribution in [2.24, 2.45) is 0 Å². The van der Waals surface area contributed by atoms with E-state index in [4.69, 9.17) is 0 Å². The normalized spacial score (nSPS) is 13.5. The Bertz CT molecular complexity index is 1000. The zero-order chi connectivity index (χ0) is 21.5. The van der Waals surface area contributed by atoms with E-state index in [9.17, 15) is 9.59 Å². The van der Waals surface area contributed by atoms with E-state index in [-0.39, 0.29) is 11.9 Å². The summed E-state index contributed by atoms with van der Waals surface area (Å²) in [6, 6.07) is 18.1. The smallest absolute Gasteiger partial charge is 0.321 e. The number of urea groups is 1. The second-order valence-electron chi connectivity index (χ2n) is 7.17. The van der Waals surface area contributed by atoms with Gasteiger partial charge in [-0.3, -0.25) is 9.78 Å². The molecule has 8 nitrogen and oxygen atoms in total. The van der Waals surface area contributed by atoms with Crippen LogP contribution >= 0.6 is 0 Å². The Balaban J connectivity index is 1.26. The quantitative estimate of drug-likeness (QED) is 0.668. The number of piperazine rings is 1. The van der Waals surface area contributed by atoms with Crippen molar-refractivity contribution in [3.05, 3.63) is 84.3 Å². The van der Waals surface area contributed by atoms with Crippen molar-refractivity contribution < 1.29 is 9.59 Å². The number of carbonyl (C=O) groups is 2. The number of amides is 3. The van der Waals surface area contributed by atoms with E-state index in [1.165, 1.54) is 0 Å². The van der Waals surface area contributed by atoms with Crippen LogP contribution in [0.3, 0.4) is 0 Å². The summed E-state index contributed by atoms with van der Waals surface area (Å²) in [6.45, 7) is 3.08. The van der Waals surface area contributed by atoms with Crippen molar-refractivity contribution in [2.75, 3.05) is 36.4 Å². The maximum atomic E-state index is 12.6. The number of benzene rings is 1. The summed E-state index contributed by atoms with van der Waals surface area (Å²) in [4.78, 5) is 37.4. The number of carbonyl (C=O) groups excluding carboxylic acids is 2. The first-order chi connectivity index (χ1) is 15.2. The highest BCUT2D eigenvalue weighted by Gasteiger charge is 2.21. The summed E-state index contributed by atoms with van der Waals surface area (Å²) in [5.74, 6) is 0.744. The van der Waals surface area contributed by atoms with Gasteiger partial charge in [0.25, 0.3) is 5.91 Å². The van der Waals surface area contributed by atoms with E-state index in [0.29, 0.717) is 30.9 Å². The minimum Gasteiger partial charge on any atom is -0.353 e. The molecule has 31 heavy (non-hydrogen) atoms. The number of aromatic nitrogens is 2. The predicted octanol–water partition coefficient (Wildman–Crippen LogP) is 2.76. The van der Waals surface area contributed by atoms with Gasteiger partial charge in [-0.15, -0.1) is 0 Å². The summed E-state index contributed by atoms with van der Waals surface area (Å²) in [6.07, 6.45) is 3.47. The largest absolute Gasteiger partial charge is 0.353 e. The molecule has 0 atom stereocenters. The Morgan fingerprint density at radius 3 is 2.19 bits per heavy atom. The molecular formula is C23H24N6O2. The third-order valence-electron chi connectivity index (χ3n) is 5.09. The van der Waals surface area contributed by atoms with Gasteiger partial charge >= 0.3 is 6.03 Å². The molecule has 2 aromatic heterocycles. The SMILES string of the molecule is O=C(NCc1ccccn1)c1ccc(NC(=O)N2CCN(c3ccccn3)CC2)cc1. The summed E-state index contributed by atoms with van der Waals surface area (Å²) in [7, 11) is 0. The molecule has 0 radical (unpaired) electrons. The van der Waals surface area contributed by atoms with Gasteiger partial charge in [0.15, 0.2) is 0 Å². The molecule has 0 aliphatic carbocycles. The average Bonchev–Trinajstić information content (AvgIpc) is 2.84. The number of nitrogens with one attached hydrogen (secondary N) is 2. The minimum absolute atomic E-state index is 0.145. The highest BCUT2D eigenvalue weighted by Crippen LogP contribution is 2.15. The second kappa shape index (κ2) is 9.71. The van der Waals surface area contributed by atoms with E-state index in [1.807, 2.05) is 36.4 Å². The van der Waals surface area contributed by atoms with E-state index < -0.39 is 0 Å². The van der Waals surface area contributed by atoms with Crippen molar-refractivity contribution in [1.82, 2.24) is 20.2 Å². The predicted molar refractivity (Wildman–Crippen MR) is 119 cm³/mol. The molecule has 8 heteroatoms. The highest BCUT2D eigenvalue weighted by molar-refractivity contribution is 5.95. The van der Waals surface area contributed by atoms with Gasteiger partial charge in [-0.05, 0) is 48.5 Å². The number of hydrogen-bond donors (Lipinski definition) is 2. The third-order valence-corrected chi connectivity index (χ3v) is 5.09. The number of nitrogens with zero attached hydrogens (tertiary/aromatic N) is 4. The lowest BCUT2D eigenvalue weighted by Crippen LogP contribution is -2.50. The fourth-order valence-corrected chi connectivity index (χ4v) is 3.36. The first-order valence-corrected chi connectivity index (χ1v) is 10.2. The van der Waals surface area contributed by atoms with Crippen LogP contribution in [0.2, 0.25) is 0 Å². The molecule has 0 spiro atoms. The molecule has 1 fully saturated rings. The highest BCUT2D eigenvalue weighted by atomic mass is 16.2. The summed E-state index contributed by atoms with van der Waals surface area (Å²) < 4.78 is 0. The van der Waals surface area contributed by atoms with Crippen molar-refractivity contribution in [3.63, 3.8) is 0 Å². The average molecular weight is 416 g/mol. The van der Waals surface area contributed by atoms with Gasteiger partial charge in [-0.2, -0.15) is 0 Å². The van der Waals surface area contributed by atoms with Crippen molar-refractivity contribution in [3.8, 4) is 0 Å². The van der Waals surface area contributed by atoms with Crippen LogP contribution in [0.1, 0.15) is 16.1 Å². The fourth-order valence-electron chi connectivity index (χ4n) is 3.36. The Morgan fingerprint density at radius 2 is 1.55 bits per heavy atom. The van der Waals surface area contributed by atoms with E-state index in [0.717, 1.165) is 24.6 Å². The maximum Gasteiger partial charge on any atom is 0.321 e. The topological polar surface area (TPSA) is 90.5 Å². The Hall–Kier alpha value is -3.94. The molecule has 3 aromatic rings. The van der Waals surface area contributed by atoms with Crippen LogP contribution in [0.15, 0.2) is 73.1 Å². The Morgan fingerprint density at radius 1 is 0.839 bits per heavy atom. The van der Waals surface area contributed by atoms with Crippen LogP contribution in [-0.4, -0.2) is 53.0 Å².